The van der Waals surface area contributed by atoms with Crippen LogP contribution in [0.4, 0.5) is 0 Å². The van der Waals surface area contributed by atoms with Crippen LogP contribution in [0.15, 0.2) is 24.3 Å². The summed E-state index contributed by atoms with van der Waals surface area (Å²) in [5, 5.41) is 2.80. The number of benzene rings is 1. The van der Waals surface area contributed by atoms with E-state index in [1.54, 1.807) is 0 Å². The van der Waals surface area contributed by atoms with E-state index in [1.165, 1.54) is 5.56 Å². The lowest BCUT2D eigenvalue weighted by molar-refractivity contribution is -0.123. The number of carbonyl (C=O) groups excluding carboxylic acids is 1. The highest BCUT2D eigenvalue weighted by molar-refractivity contribution is 5.77. The molecule has 0 unspecified atom stereocenters. The van der Waals surface area contributed by atoms with Crippen LogP contribution < -0.4 is 10.1 Å². The number of nitrogens with one attached hydrogen (secondary N) is 1. The Kier molecular flexibility index (Phi) is 6.22. The highest BCUT2D eigenvalue weighted by atomic mass is 16.5. The van der Waals surface area contributed by atoms with Gasteiger partial charge in [-0.15, -0.1) is 0 Å². The minimum Gasteiger partial charge on any atom is -0.484 e. The molecule has 0 aliphatic heterocycles. The molecule has 0 fully saturated rings. The molecule has 0 aliphatic rings. The maximum atomic E-state index is 11.5. The molecule has 1 aromatic carbocycles. The third kappa shape index (κ3) is 5.68. The Morgan fingerprint density at radius 2 is 1.94 bits per heavy atom. The molecule has 0 saturated heterocycles. The number of likely N-dealkylation sites (N-methyl/N-ethyl adjacent to an activating group) is 1. The first-order valence-corrected chi connectivity index (χ1v) is 6.25. The first kappa shape index (κ1) is 14.5. The van der Waals surface area contributed by atoms with Crippen LogP contribution in [0.25, 0.3) is 0 Å². The van der Waals surface area contributed by atoms with Gasteiger partial charge in [-0.3, -0.25) is 4.79 Å². The summed E-state index contributed by atoms with van der Waals surface area (Å²) in [5.74, 6) is 0.645. The monoisotopic (exact) mass is 250 g/mol. The average Bonchev–Trinajstić information content (AvgIpc) is 2.36. The van der Waals surface area contributed by atoms with E-state index in [0.29, 0.717) is 6.54 Å². The Bertz CT molecular complexity index is 361. The Morgan fingerprint density at radius 1 is 1.28 bits per heavy atom. The Balaban J connectivity index is 2.24. The van der Waals surface area contributed by atoms with Crippen molar-refractivity contribution in [1.29, 1.82) is 0 Å². The van der Waals surface area contributed by atoms with E-state index in [9.17, 15) is 4.79 Å². The molecule has 18 heavy (non-hydrogen) atoms. The van der Waals surface area contributed by atoms with Gasteiger partial charge < -0.3 is 15.0 Å². The molecule has 0 aliphatic carbocycles. The maximum Gasteiger partial charge on any atom is 0.257 e. The predicted molar refractivity (Wildman–Crippen MR) is 72.9 cm³/mol. The van der Waals surface area contributed by atoms with Crippen molar-refractivity contribution in [2.75, 3.05) is 33.8 Å². The lowest BCUT2D eigenvalue weighted by Gasteiger charge is -2.11. The third-order valence-electron chi connectivity index (χ3n) is 2.58. The molecule has 4 nitrogen and oxygen atoms in total. The molecular weight excluding hydrogens is 228 g/mol. The number of ether oxygens (including phenoxy) is 1. The van der Waals surface area contributed by atoms with Crippen LogP contribution in [-0.4, -0.2) is 44.6 Å². The zero-order chi connectivity index (χ0) is 13.4. The molecule has 1 rings (SSSR count). The molecule has 1 N–H and O–H groups in total. The van der Waals surface area contributed by atoms with E-state index < -0.39 is 0 Å². The van der Waals surface area contributed by atoms with Crippen molar-refractivity contribution in [3.05, 3.63) is 29.8 Å². The fourth-order valence-corrected chi connectivity index (χ4v) is 1.44. The van der Waals surface area contributed by atoms with Gasteiger partial charge in [0, 0.05) is 13.1 Å². The van der Waals surface area contributed by atoms with Crippen LogP contribution in [0, 0.1) is 0 Å². The van der Waals surface area contributed by atoms with Crippen molar-refractivity contribution in [1.82, 2.24) is 10.2 Å². The van der Waals surface area contributed by atoms with Gasteiger partial charge in [0.2, 0.25) is 0 Å². The number of hydrogen-bond acceptors (Lipinski definition) is 3. The van der Waals surface area contributed by atoms with Crippen molar-refractivity contribution in [2.24, 2.45) is 0 Å². The molecule has 0 aromatic heterocycles. The highest BCUT2D eigenvalue weighted by Gasteiger charge is 2.02. The molecule has 4 heteroatoms. The topological polar surface area (TPSA) is 41.6 Å². The lowest BCUT2D eigenvalue weighted by Crippen LogP contribution is -2.34. The zero-order valence-electron chi connectivity index (χ0n) is 11.4. The molecule has 100 valence electrons. The number of hydrogen-bond donors (Lipinski definition) is 1. The van der Waals surface area contributed by atoms with Gasteiger partial charge in [-0.25, -0.2) is 0 Å². The first-order valence-electron chi connectivity index (χ1n) is 6.25. The largest absolute Gasteiger partial charge is 0.484 e. The predicted octanol–water partition coefficient (Wildman–Crippen LogP) is 1.31. The van der Waals surface area contributed by atoms with Crippen molar-refractivity contribution >= 4 is 5.91 Å². The molecule has 0 radical (unpaired) electrons. The first-order chi connectivity index (χ1) is 8.61. The normalized spacial score (nSPS) is 10.4. The SMILES string of the molecule is CCc1ccc(OCC(=O)NCCN(C)C)cc1. The molecule has 0 atom stereocenters. The van der Waals surface area contributed by atoms with Crippen molar-refractivity contribution in [2.45, 2.75) is 13.3 Å². The van der Waals surface area contributed by atoms with Gasteiger partial charge in [0.25, 0.3) is 5.91 Å². The van der Waals surface area contributed by atoms with Crippen molar-refractivity contribution in [3.63, 3.8) is 0 Å². The molecule has 0 saturated carbocycles. The highest BCUT2D eigenvalue weighted by Crippen LogP contribution is 2.12. The Labute approximate surface area is 109 Å². The Hall–Kier alpha value is -1.55. The van der Waals surface area contributed by atoms with Crippen LogP contribution in [0.2, 0.25) is 0 Å². The molecule has 0 spiro atoms. The van der Waals surface area contributed by atoms with Gasteiger partial charge in [-0.1, -0.05) is 19.1 Å². The van der Waals surface area contributed by atoms with Gasteiger partial charge >= 0.3 is 0 Å². The number of nitrogens with zero attached hydrogens (tertiary/aromatic N) is 1. The second-order valence-corrected chi connectivity index (χ2v) is 4.44. The molecule has 1 aromatic rings. The summed E-state index contributed by atoms with van der Waals surface area (Å²) in [6.45, 7) is 3.65. The summed E-state index contributed by atoms with van der Waals surface area (Å²) >= 11 is 0. The van der Waals surface area contributed by atoms with Gasteiger partial charge in [-0.2, -0.15) is 0 Å². The minimum atomic E-state index is -0.0866. The van der Waals surface area contributed by atoms with Crippen molar-refractivity contribution in [3.8, 4) is 5.75 Å². The second-order valence-electron chi connectivity index (χ2n) is 4.44. The standard InChI is InChI=1S/C14H22N2O2/c1-4-12-5-7-13(8-6-12)18-11-14(17)15-9-10-16(2)3/h5-8H,4,9-11H2,1-3H3,(H,15,17). The lowest BCUT2D eigenvalue weighted by atomic mass is 10.2. The number of amides is 1. The number of carbonyl (C=O) groups is 1. The van der Waals surface area contributed by atoms with Gasteiger partial charge in [0.05, 0.1) is 0 Å². The maximum absolute atomic E-state index is 11.5. The number of rotatable bonds is 7. The van der Waals surface area contributed by atoms with Crippen LogP contribution in [-0.2, 0) is 11.2 Å². The van der Waals surface area contributed by atoms with Gasteiger partial charge in [0.15, 0.2) is 6.61 Å². The van der Waals surface area contributed by atoms with Crippen molar-refractivity contribution < 1.29 is 9.53 Å². The van der Waals surface area contributed by atoms with Crippen LogP contribution in [0.1, 0.15) is 12.5 Å². The Morgan fingerprint density at radius 3 is 2.50 bits per heavy atom. The summed E-state index contributed by atoms with van der Waals surface area (Å²) in [4.78, 5) is 13.5. The zero-order valence-corrected chi connectivity index (χ0v) is 11.4. The molecule has 1 amide bonds. The van der Waals surface area contributed by atoms with Gasteiger partial charge in [0.1, 0.15) is 5.75 Å². The quantitative estimate of drug-likeness (QED) is 0.793. The van der Waals surface area contributed by atoms with Gasteiger partial charge in [-0.05, 0) is 38.2 Å². The second kappa shape index (κ2) is 7.71. The van der Waals surface area contributed by atoms with E-state index in [-0.39, 0.29) is 12.5 Å². The van der Waals surface area contributed by atoms with E-state index >= 15 is 0 Å². The summed E-state index contributed by atoms with van der Waals surface area (Å²) in [6, 6.07) is 7.82. The molecule has 0 heterocycles. The fraction of sp³-hybridized carbons (Fsp3) is 0.500. The fourth-order valence-electron chi connectivity index (χ4n) is 1.44. The number of aryl methyl sites for hydroxylation is 1. The summed E-state index contributed by atoms with van der Waals surface area (Å²) < 4.78 is 5.40. The molecule has 0 bridgehead atoms. The van der Waals surface area contributed by atoms with E-state index in [0.717, 1.165) is 18.7 Å². The van der Waals surface area contributed by atoms with E-state index in [2.05, 4.69) is 12.2 Å². The minimum absolute atomic E-state index is 0.0684. The van der Waals surface area contributed by atoms with E-state index in [1.807, 2.05) is 43.3 Å². The van der Waals surface area contributed by atoms with Crippen LogP contribution >= 0.6 is 0 Å². The summed E-state index contributed by atoms with van der Waals surface area (Å²) in [6.07, 6.45) is 1.01. The van der Waals surface area contributed by atoms with E-state index in [4.69, 9.17) is 4.74 Å². The smallest absolute Gasteiger partial charge is 0.257 e. The van der Waals surface area contributed by atoms with Crippen LogP contribution in [0.5, 0.6) is 5.75 Å². The summed E-state index contributed by atoms with van der Waals surface area (Å²) in [7, 11) is 3.94. The summed E-state index contributed by atoms with van der Waals surface area (Å²) in [5.41, 5.74) is 1.26. The molecular formula is C14H22N2O2. The average molecular weight is 250 g/mol. The van der Waals surface area contributed by atoms with Crippen LogP contribution in [0.3, 0.4) is 0 Å². The third-order valence-corrected chi connectivity index (χ3v) is 2.58.